The molecule has 28 heavy (non-hydrogen) atoms. The molecule has 2 aliphatic rings. The fourth-order valence-corrected chi connectivity index (χ4v) is 3.69. The van der Waals surface area contributed by atoms with Crippen LogP contribution < -0.4 is 5.32 Å². The maximum atomic E-state index is 13.9. The van der Waals surface area contributed by atoms with Crippen molar-refractivity contribution in [3.63, 3.8) is 0 Å². The molecule has 1 N–H and O–H groups in total. The zero-order valence-corrected chi connectivity index (χ0v) is 15.9. The lowest BCUT2D eigenvalue weighted by Crippen LogP contribution is -2.34. The Morgan fingerprint density at radius 2 is 2.00 bits per heavy atom. The van der Waals surface area contributed by atoms with Gasteiger partial charge in [0.25, 0.3) is 0 Å². The molecule has 0 bridgehead atoms. The monoisotopic (exact) mass is 391 g/mol. The first-order valence-corrected chi connectivity index (χ1v) is 9.37. The third kappa shape index (κ3) is 3.99. The number of hydrogen-bond donors (Lipinski definition) is 1. The predicted molar refractivity (Wildman–Crippen MR) is 98.3 cm³/mol. The summed E-state index contributed by atoms with van der Waals surface area (Å²) >= 11 is 0. The zero-order valence-electron chi connectivity index (χ0n) is 15.9. The molecule has 0 saturated carbocycles. The molecule has 1 aromatic carbocycles. The van der Waals surface area contributed by atoms with Gasteiger partial charge in [-0.05, 0) is 44.4 Å². The molecule has 0 spiro atoms. The molecule has 1 atom stereocenters. The lowest BCUT2D eigenvalue weighted by atomic mass is 9.75. The van der Waals surface area contributed by atoms with Gasteiger partial charge in [-0.1, -0.05) is 6.07 Å². The fraction of sp³-hybridized carbons (Fsp3) is 0.429. The first-order valence-electron chi connectivity index (χ1n) is 9.37. The summed E-state index contributed by atoms with van der Waals surface area (Å²) in [5, 5.41) is 3.15. The highest BCUT2D eigenvalue weighted by atomic mass is 19.2. The van der Waals surface area contributed by atoms with Gasteiger partial charge in [-0.25, -0.2) is 13.6 Å². The molecule has 1 aliphatic carbocycles. The number of ketones is 1. The van der Waals surface area contributed by atoms with Gasteiger partial charge in [0, 0.05) is 35.9 Å². The number of halogens is 2. The van der Waals surface area contributed by atoms with Gasteiger partial charge in [-0.15, -0.1) is 0 Å². The number of benzene rings is 1. The summed E-state index contributed by atoms with van der Waals surface area (Å²) < 4.78 is 37.9. The molecule has 7 heteroatoms. The molecule has 0 aromatic heterocycles. The van der Waals surface area contributed by atoms with E-state index in [-0.39, 0.29) is 24.6 Å². The number of ether oxygens (including phenoxy) is 2. The summed E-state index contributed by atoms with van der Waals surface area (Å²) in [5.41, 5.74) is 2.29. The molecular weight excluding hydrogens is 368 g/mol. The van der Waals surface area contributed by atoms with E-state index in [1.165, 1.54) is 6.07 Å². The Kier molecular flexibility index (Phi) is 6.24. The van der Waals surface area contributed by atoms with E-state index in [4.69, 9.17) is 9.47 Å². The van der Waals surface area contributed by atoms with Gasteiger partial charge in [0.1, 0.15) is 6.61 Å². The quantitative estimate of drug-likeness (QED) is 0.594. The van der Waals surface area contributed by atoms with Gasteiger partial charge in [-0.3, -0.25) is 4.79 Å². The summed E-state index contributed by atoms with van der Waals surface area (Å²) in [4.78, 5) is 25.5. The standard InChI is InChI=1S/C21H23F2NO4/c1-3-27-9-10-28-21(26)18-12(2)24-16-5-4-6-17(25)20(16)19(18)13-7-8-14(22)15(23)11-13/h7-8,11,19,24H,3-6,9-10H2,1-2H3/t19-/m0/s1. The summed E-state index contributed by atoms with van der Waals surface area (Å²) in [5.74, 6) is -3.51. The van der Waals surface area contributed by atoms with Crippen LogP contribution in [0.5, 0.6) is 0 Å². The Labute approximate surface area is 162 Å². The van der Waals surface area contributed by atoms with Gasteiger partial charge < -0.3 is 14.8 Å². The number of rotatable bonds is 6. The van der Waals surface area contributed by atoms with Crippen molar-refractivity contribution in [1.29, 1.82) is 0 Å². The summed E-state index contributed by atoms with van der Waals surface area (Å²) in [6, 6.07) is 3.45. The third-order valence-electron chi connectivity index (χ3n) is 4.94. The normalized spacial score (nSPS) is 19.4. The van der Waals surface area contributed by atoms with E-state index >= 15 is 0 Å². The highest BCUT2D eigenvalue weighted by Crippen LogP contribution is 2.42. The van der Waals surface area contributed by atoms with Crippen LogP contribution in [0.1, 0.15) is 44.6 Å². The van der Waals surface area contributed by atoms with Crippen LogP contribution in [0.25, 0.3) is 0 Å². The van der Waals surface area contributed by atoms with Crippen molar-refractivity contribution in [2.24, 2.45) is 0 Å². The molecule has 0 saturated heterocycles. The van der Waals surface area contributed by atoms with Gasteiger partial charge in [-0.2, -0.15) is 0 Å². The smallest absolute Gasteiger partial charge is 0.336 e. The van der Waals surface area contributed by atoms with E-state index in [9.17, 15) is 18.4 Å². The van der Waals surface area contributed by atoms with Gasteiger partial charge >= 0.3 is 5.97 Å². The zero-order chi connectivity index (χ0) is 20.3. The van der Waals surface area contributed by atoms with Crippen LogP contribution in [-0.2, 0) is 19.1 Å². The van der Waals surface area contributed by atoms with Crippen molar-refractivity contribution in [2.45, 2.75) is 39.0 Å². The number of hydrogen-bond acceptors (Lipinski definition) is 5. The lowest BCUT2D eigenvalue weighted by molar-refractivity contribution is -0.140. The van der Waals surface area contributed by atoms with Crippen LogP contribution >= 0.6 is 0 Å². The van der Waals surface area contributed by atoms with E-state index in [1.54, 1.807) is 6.92 Å². The molecule has 0 amide bonds. The Morgan fingerprint density at radius 3 is 2.71 bits per heavy atom. The van der Waals surface area contributed by atoms with Crippen LogP contribution in [0.15, 0.2) is 40.7 Å². The largest absolute Gasteiger partial charge is 0.460 e. The van der Waals surface area contributed by atoms with E-state index in [0.29, 0.717) is 42.7 Å². The van der Waals surface area contributed by atoms with E-state index < -0.39 is 23.5 Å². The molecule has 0 fully saturated rings. The number of allylic oxidation sites excluding steroid dienone is 3. The van der Waals surface area contributed by atoms with Crippen molar-refractivity contribution < 1.29 is 27.8 Å². The highest BCUT2D eigenvalue weighted by molar-refractivity contribution is 6.03. The van der Waals surface area contributed by atoms with Crippen LogP contribution in [0, 0.1) is 11.6 Å². The van der Waals surface area contributed by atoms with Crippen molar-refractivity contribution in [1.82, 2.24) is 5.32 Å². The first-order chi connectivity index (χ1) is 13.4. The van der Waals surface area contributed by atoms with Gasteiger partial charge in [0.15, 0.2) is 17.4 Å². The van der Waals surface area contributed by atoms with Crippen molar-refractivity contribution in [2.75, 3.05) is 19.8 Å². The Hall–Kier alpha value is -2.54. The first kappa shape index (κ1) is 20.2. The molecule has 1 heterocycles. The van der Waals surface area contributed by atoms with Gasteiger partial charge in [0.05, 0.1) is 12.2 Å². The summed E-state index contributed by atoms with van der Waals surface area (Å²) in [6.07, 6.45) is 1.72. The number of carbonyl (C=O) groups is 2. The Morgan fingerprint density at radius 1 is 1.21 bits per heavy atom. The second-order valence-corrected chi connectivity index (χ2v) is 6.77. The SMILES string of the molecule is CCOCCOC(=O)C1=C(C)NC2=C(C(=O)CCC2)[C@H]1c1ccc(F)c(F)c1. The minimum atomic E-state index is -1.02. The summed E-state index contributed by atoms with van der Waals surface area (Å²) in [6.45, 7) is 4.37. The fourth-order valence-electron chi connectivity index (χ4n) is 3.69. The average Bonchev–Trinajstić information content (AvgIpc) is 2.66. The number of Topliss-reactive ketones (excluding diaryl/α,β-unsaturated/α-hetero) is 1. The molecule has 3 rings (SSSR count). The van der Waals surface area contributed by atoms with Crippen LogP contribution in [0.3, 0.4) is 0 Å². The maximum absolute atomic E-state index is 13.9. The van der Waals surface area contributed by atoms with Crippen molar-refractivity contribution >= 4 is 11.8 Å². The molecule has 0 radical (unpaired) electrons. The third-order valence-corrected chi connectivity index (χ3v) is 4.94. The minimum absolute atomic E-state index is 0.0633. The highest BCUT2D eigenvalue weighted by Gasteiger charge is 2.39. The van der Waals surface area contributed by atoms with Crippen LogP contribution in [0.4, 0.5) is 8.78 Å². The van der Waals surface area contributed by atoms with Crippen LogP contribution in [-0.4, -0.2) is 31.6 Å². The molecular formula is C21H23F2NO4. The van der Waals surface area contributed by atoms with Crippen molar-refractivity contribution in [3.05, 3.63) is 57.9 Å². The van der Waals surface area contributed by atoms with E-state index in [2.05, 4.69) is 5.32 Å². The number of nitrogens with one attached hydrogen (secondary N) is 1. The Bertz CT molecular complexity index is 860. The summed E-state index contributed by atoms with van der Waals surface area (Å²) in [7, 11) is 0. The second kappa shape index (κ2) is 8.65. The second-order valence-electron chi connectivity index (χ2n) is 6.77. The van der Waals surface area contributed by atoms with Crippen molar-refractivity contribution in [3.8, 4) is 0 Å². The average molecular weight is 391 g/mol. The molecule has 1 aromatic rings. The molecule has 1 aliphatic heterocycles. The lowest BCUT2D eigenvalue weighted by Gasteiger charge is -2.34. The molecule has 150 valence electrons. The minimum Gasteiger partial charge on any atom is -0.460 e. The van der Waals surface area contributed by atoms with Crippen LogP contribution in [0.2, 0.25) is 0 Å². The topological polar surface area (TPSA) is 64.6 Å². The number of carbonyl (C=O) groups excluding carboxylic acids is 2. The predicted octanol–water partition coefficient (Wildman–Crippen LogP) is 3.51. The Balaban J connectivity index is 2.01. The number of dihydropyridines is 1. The van der Waals surface area contributed by atoms with E-state index in [0.717, 1.165) is 17.8 Å². The number of esters is 1. The molecule has 5 nitrogen and oxygen atoms in total. The van der Waals surface area contributed by atoms with E-state index in [1.807, 2.05) is 6.92 Å². The van der Waals surface area contributed by atoms with Gasteiger partial charge in [0.2, 0.25) is 0 Å². The molecule has 0 unspecified atom stereocenters. The maximum Gasteiger partial charge on any atom is 0.336 e.